The number of rotatable bonds is 3. The van der Waals surface area contributed by atoms with E-state index in [1.807, 2.05) is 11.0 Å². The van der Waals surface area contributed by atoms with Crippen molar-refractivity contribution in [1.82, 2.24) is 9.88 Å². The van der Waals surface area contributed by atoms with Gasteiger partial charge in [0.2, 0.25) is 0 Å². The van der Waals surface area contributed by atoms with Gasteiger partial charge in [-0.1, -0.05) is 61.5 Å². The number of aromatic nitrogens is 1. The van der Waals surface area contributed by atoms with Crippen LogP contribution in [-0.4, -0.2) is 48.6 Å². The molecule has 0 spiro atoms. The van der Waals surface area contributed by atoms with Gasteiger partial charge in [-0.3, -0.25) is 9.78 Å². The van der Waals surface area contributed by atoms with E-state index in [4.69, 9.17) is 9.72 Å². The number of amides is 1. The molecule has 2 aromatic carbocycles. The molecule has 0 N–H and O–H groups in total. The quantitative estimate of drug-likeness (QED) is 0.632. The Morgan fingerprint density at radius 3 is 2.50 bits per heavy atom. The second-order valence-electron chi connectivity index (χ2n) is 9.04. The van der Waals surface area contributed by atoms with Crippen molar-refractivity contribution in [2.75, 3.05) is 37.7 Å². The van der Waals surface area contributed by atoms with Crippen LogP contribution < -0.4 is 4.90 Å². The molecule has 0 bridgehead atoms. The summed E-state index contributed by atoms with van der Waals surface area (Å²) in [6.07, 6.45) is 0.750. The zero-order valence-corrected chi connectivity index (χ0v) is 18.3. The number of benzene rings is 2. The molecule has 1 fully saturated rings. The lowest BCUT2D eigenvalue weighted by atomic mass is 9.86. The molecule has 0 aliphatic carbocycles. The number of morpholine rings is 1. The van der Waals surface area contributed by atoms with E-state index in [-0.39, 0.29) is 11.9 Å². The molecule has 3 aliphatic heterocycles. The Morgan fingerprint density at radius 2 is 1.72 bits per heavy atom. The predicted octanol–water partition coefficient (Wildman–Crippen LogP) is 4.17. The van der Waals surface area contributed by atoms with Crippen LogP contribution in [-0.2, 0) is 11.2 Å². The molecule has 2 unspecified atom stereocenters. The largest absolute Gasteiger partial charge is 0.378 e. The first-order valence-corrected chi connectivity index (χ1v) is 11.5. The Hall–Kier alpha value is -3.18. The highest BCUT2D eigenvalue weighted by molar-refractivity contribution is 6.00. The van der Waals surface area contributed by atoms with Gasteiger partial charge >= 0.3 is 0 Å². The lowest BCUT2D eigenvalue weighted by Crippen LogP contribution is -2.37. The van der Waals surface area contributed by atoms with Crippen molar-refractivity contribution in [3.8, 4) is 0 Å². The van der Waals surface area contributed by atoms with Crippen molar-refractivity contribution >= 4 is 11.6 Å². The molecule has 2 atom stereocenters. The number of ether oxygens (including phenoxy) is 1. The molecule has 0 radical (unpaired) electrons. The highest BCUT2D eigenvalue weighted by Crippen LogP contribution is 2.46. The molecule has 162 valence electrons. The Balaban J connectivity index is 1.50. The minimum Gasteiger partial charge on any atom is -0.378 e. The fourth-order valence-electron chi connectivity index (χ4n) is 5.46. The summed E-state index contributed by atoms with van der Waals surface area (Å²) in [5, 5.41) is 0. The number of anilines is 1. The third-order valence-corrected chi connectivity index (χ3v) is 7.03. The van der Waals surface area contributed by atoms with Crippen LogP contribution in [0.3, 0.4) is 0 Å². The SMILES string of the molecule is CC1CN2C(=O)c3cc(N4CCOCC4)c(Cc4ccccc4)nc3C2c2ccccc21. The number of carbonyl (C=O) groups excluding carboxylic acids is 1. The van der Waals surface area contributed by atoms with E-state index in [1.165, 1.54) is 16.7 Å². The van der Waals surface area contributed by atoms with E-state index >= 15 is 0 Å². The van der Waals surface area contributed by atoms with Crippen LogP contribution in [0.15, 0.2) is 60.7 Å². The summed E-state index contributed by atoms with van der Waals surface area (Å²) >= 11 is 0. The van der Waals surface area contributed by atoms with Gasteiger partial charge in [-0.2, -0.15) is 0 Å². The molecule has 32 heavy (non-hydrogen) atoms. The van der Waals surface area contributed by atoms with Crippen LogP contribution in [0.2, 0.25) is 0 Å². The molecular formula is C27H27N3O2. The number of hydrogen-bond donors (Lipinski definition) is 0. The number of pyridine rings is 1. The molecule has 5 nitrogen and oxygen atoms in total. The van der Waals surface area contributed by atoms with E-state index in [0.717, 1.165) is 48.7 Å². The van der Waals surface area contributed by atoms with E-state index in [1.54, 1.807) is 0 Å². The van der Waals surface area contributed by atoms with Gasteiger partial charge < -0.3 is 14.5 Å². The molecule has 6 rings (SSSR count). The smallest absolute Gasteiger partial charge is 0.256 e. The molecule has 3 aliphatic rings. The third kappa shape index (κ3) is 3.11. The Labute approximate surface area is 188 Å². The summed E-state index contributed by atoms with van der Waals surface area (Å²) in [5.41, 5.74) is 7.57. The van der Waals surface area contributed by atoms with E-state index in [0.29, 0.717) is 19.1 Å². The number of carbonyl (C=O) groups is 1. The van der Waals surface area contributed by atoms with Crippen molar-refractivity contribution in [3.63, 3.8) is 0 Å². The molecule has 5 heteroatoms. The summed E-state index contributed by atoms with van der Waals surface area (Å²) in [6.45, 7) is 5.99. The Morgan fingerprint density at radius 1 is 1.00 bits per heavy atom. The number of fused-ring (bicyclic) bond motifs is 5. The van der Waals surface area contributed by atoms with Gasteiger partial charge in [0.25, 0.3) is 5.91 Å². The van der Waals surface area contributed by atoms with Crippen molar-refractivity contribution < 1.29 is 9.53 Å². The Kier molecular flexibility index (Phi) is 4.72. The van der Waals surface area contributed by atoms with Crippen LogP contribution in [0.25, 0.3) is 0 Å². The molecular weight excluding hydrogens is 398 g/mol. The van der Waals surface area contributed by atoms with E-state index in [9.17, 15) is 4.79 Å². The van der Waals surface area contributed by atoms with Crippen molar-refractivity contribution in [3.05, 3.63) is 94.3 Å². The molecule has 3 aromatic rings. The topological polar surface area (TPSA) is 45.7 Å². The first-order valence-electron chi connectivity index (χ1n) is 11.5. The standard InChI is InChI=1S/C27H27N3O2/c1-18-17-30-26(21-10-6-5-9-20(18)21)25-22(27(30)31)16-24(29-11-13-32-14-12-29)23(28-25)15-19-7-3-2-4-8-19/h2-10,16,18,26H,11-15,17H2,1H3. The van der Waals surface area contributed by atoms with Crippen molar-refractivity contribution in [2.24, 2.45) is 0 Å². The van der Waals surface area contributed by atoms with Crippen LogP contribution in [0.4, 0.5) is 5.69 Å². The molecule has 1 amide bonds. The van der Waals surface area contributed by atoms with Gasteiger partial charge in [0.05, 0.1) is 35.9 Å². The molecule has 4 heterocycles. The maximum absolute atomic E-state index is 13.5. The average Bonchev–Trinajstić information content (AvgIpc) is 3.11. The monoisotopic (exact) mass is 425 g/mol. The fraction of sp³-hybridized carbons (Fsp3) is 0.333. The Bertz CT molecular complexity index is 1170. The minimum atomic E-state index is -0.0850. The highest BCUT2D eigenvalue weighted by Gasteiger charge is 2.44. The normalized spacial score (nSPS) is 21.8. The van der Waals surface area contributed by atoms with Crippen LogP contribution >= 0.6 is 0 Å². The first-order chi connectivity index (χ1) is 15.7. The second-order valence-corrected chi connectivity index (χ2v) is 9.04. The van der Waals surface area contributed by atoms with Crippen LogP contribution in [0.1, 0.15) is 57.3 Å². The van der Waals surface area contributed by atoms with Gasteiger partial charge in [-0.15, -0.1) is 0 Å². The number of nitrogens with zero attached hydrogens (tertiary/aromatic N) is 3. The van der Waals surface area contributed by atoms with E-state index in [2.05, 4.69) is 66.4 Å². The second kappa shape index (κ2) is 7.75. The fourth-order valence-corrected chi connectivity index (χ4v) is 5.46. The molecule has 1 saturated heterocycles. The van der Waals surface area contributed by atoms with Gasteiger partial charge in [0.1, 0.15) is 6.04 Å². The average molecular weight is 426 g/mol. The first kappa shape index (κ1) is 19.5. The van der Waals surface area contributed by atoms with Gasteiger partial charge in [-0.25, -0.2) is 0 Å². The summed E-state index contributed by atoms with van der Waals surface area (Å²) in [4.78, 5) is 23.1. The summed E-state index contributed by atoms with van der Waals surface area (Å²) < 4.78 is 5.58. The van der Waals surface area contributed by atoms with Gasteiger partial charge in [0, 0.05) is 26.1 Å². The van der Waals surface area contributed by atoms with E-state index < -0.39 is 0 Å². The van der Waals surface area contributed by atoms with Crippen molar-refractivity contribution in [2.45, 2.75) is 25.3 Å². The summed E-state index contributed by atoms with van der Waals surface area (Å²) in [7, 11) is 0. The maximum Gasteiger partial charge on any atom is 0.256 e. The van der Waals surface area contributed by atoms with Crippen LogP contribution in [0.5, 0.6) is 0 Å². The minimum absolute atomic E-state index is 0.0850. The number of hydrogen-bond acceptors (Lipinski definition) is 4. The molecule has 0 saturated carbocycles. The zero-order valence-electron chi connectivity index (χ0n) is 18.3. The lowest BCUT2D eigenvalue weighted by Gasteiger charge is -2.35. The highest BCUT2D eigenvalue weighted by atomic mass is 16.5. The maximum atomic E-state index is 13.5. The summed E-state index contributed by atoms with van der Waals surface area (Å²) in [5.74, 6) is 0.433. The predicted molar refractivity (Wildman–Crippen MR) is 124 cm³/mol. The van der Waals surface area contributed by atoms with Gasteiger partial charge in [0.15, 0.2) is 0 Å². The zero-order chi connectivity index (χ0) is 21.7. The third-order valence-electron chi connectivity index (χ3n) is 7.03. The van der Waals surface area contributed by atoms with Gasteiger partial charge in [-0.05, 0) is 28.7 Å². The van der Waals surface area contributed by atoms with Crippen LogP contribution in [0, 0.1) is 0 Å². The lowest BCUT2D eigenvalue weighted by molar-refractivity contribution is 0.0724. The van der Waals surface area contributed by atoms with Crippen molar-refractivity contribution in [1.29, 1.82) is 0 Å². The summed E-state index contributed by atoms with van der Waals surface area (Å²) in [6, 6.07) is 21.0. The molecule has 1 aromatic heterocycles.